The lowest BCUT2D eigenvalue weighted by atomic mass is 10.1. The zero-order valence-corrected chi connectivity index (χ0v) is 12.6. The number of halogens is 1. The van der Waals surface area contributed by atoms with Crippen LogP contribution in [0.3, 0.4) is 0 Å². The second kappa shape index (κ2) is 6.11. The van der Waals surface area contributed by atoms with Gasteiger partial charge in [0.15, 0.2) is 11.6 Å². The number of thiazole rings is 1. The largest absolute Gasteiger partial charge is 0.494 e. The van der Waals surface area contributed by atoms with Gasteiger partial charge in [0.1, 0.15) is 0 Å². The van der Waals surface area contributed by atoms with Crippen LogP contribution in [0.5, 0.6) is 5.75 Å². The van der Waals surface area contributed by atoms with Gasteiger partial charge in [0.25, 0.3) is 0 Å². The highest BCUT2D eigenvalue weighted by atomic mass is 32.1. The van der Waals surface area contributed by atoms with Gasteiger partial charge in [-0.3, -0.25) is 4.79 Å². The number of anilines is 1. The Morgan fingerprint density at radius 3 is 3.05 bits per heavy atom. The zero-order chi connectivity index (χ0) is 15.5. The number of hydrogen-bond acceptors (Lipinski definition) is 4. The van der Waals surface area contributed by atoms with Crippen LogP contribution in [-0.2, 0) is 11.2 Å². The van der Waals surface area contributed by atoms with E-state index >= 15 is 0 Å². The topological polar surface area (TPSA) is 51.2 Å². The molecule has 0 spiro atoms. The number of benzene rings is 2. The standard InChI is InChI=1S/C16H13FN2O2S/c1-21-13-4-2-3-10(16(13)17)7-15(20)19-11-5-6-12-14(8-11)22-9-18-12/h2-6,8-9H,7H2,1H3,(H,19,20). The van der Waals surface area contributed by atoms with Crippen LogP contribution in [0.4, 0.5) is 10.1 Å². The van der Waals surface area contributed by atoms with Crippen molar-refractivity contribution >= 4 is 33.1 Å². The maximum absolute atomic E-state index is 14.0. The summed E-state index contributed by atoms with van der Waals surface area (Å²) >= 11 is 1.50. The molecule has 0 unspecified atom stereocenters. The minimum absolute atomic E-state index is 0.0518. The van der Waals surface area contributed by atoms with E-state index in [1.165, 1.54) is 24.5 Å². The van der Waals surface area contributed by atoms with Crippen molar-refractivity contribution in [2.75, 3.05) is 12.4 Å². The molecule has 1 heterocycles. The molecular formula is C16H13FN2O2S. The molecule has 0 atom stereocenters. The van der Waals surface area contributed by atoms with Gasteiger partial charge >= 0.3 is 0 Å². The summed E-state index contributed by atoms with van der Waals surface area (Å²) in [6.07, 6.45) is -0.0518. The molecule has 1 amide bonds. The molecule has 2 aromatic carbocycles. The number of hydrogen-bond donors (Lipinski definition) is 1. The number of ether oxygens (including phenoxy) is 1. The van der Waals surface area contributed by atoms with Crippen molar-refractivity contribution in [3.8, 4) is 5.75 Å². The van der Waals surface area contributed by atoms with E-state index in [2.05, 4.69) is 10.3 Å². The fraction of sp³-hybridized carbons (Fsp3) is 0.125. The smallest absolute Gasteiger partial charge is 0.228 e. The van der Waals surface area contributed by atoms with Crippen molar-refractivity contribution in [1.82, 2.24) is 4.98 Å². The minimum Gasteiger partial charge on any atom is -0.494 e. The van der Waals surface area contributed by atoms with Crippen LogP contribution in [-0.4, -0.2) is 18.0 Å². The number of nitrogens with zero attached hydrogens (tertiary/aromatic N) is 1. The van der Waals surface area contributed by atoms with Gasteiger partial charge in [-0.05, 0) is 24.3 Å². The molecule has 0 aliphatic carbocycles. The molecule has 0 saturated heterocycles. The molecule has 6 heteroatoms. The number of methoxy groups -OCH3 is 1. The Morgan fingerprint density at radius 2 is 2.23 bits per heavy atom. The Labute approximate surface area is 130 Å². The monoisotopic (exact) mass is 316 g/mol. The van der Waals surface area contributed by atoms with E-state index in [1.54, 1.807) is 23.7 Å². The van der Waals surface area contributed by atoms with Gasteiger partial charge in [-0.15, -0.1) is 11.3 Å². The third kappa shape index (κ3) is 2.92. The summed E-state index contributed by atoms with van der Waals surface area (Å²) in [5, 5.41) is 2.77. The third-order valence-electron chi connectivity index (χ3n) is 3.23. The van der Waals surface area contributed by atoms with E-state index in [0.717, 1.165) is 10.2 Å². The molecule has 3 rings (SSSR count). The first-order valence-corrected chi connectivity index (χ1v) is 7.50. The molecule has 0 fully saturated rings. The van der Waals surface area contributed by atoms with E-state index in [9.17, 15) is 9.18 Å². The van der Waals surface area contributed by atoms with E-state index in [1.807, 2.05) is 12.1 Å². The summed E-state index contributed by atoms with van der Waals surface area (Å²) in [6, 6.07) is 10.2. The summed E-state index contributed by atoms with van der Waals surface area (Å²) in [4.78, 5) is 16.3. The highest BCUT2D eigenvalue weighted by Gasteiger charge is 2.12. The molecule has 22 heavy (non-hydrogen) atoms. The lowest BCUT2D eigenvalue weighted by molar-refractivity contribution is -0.115. The van der Waals surface area contributed by atoms with Crippen LogP contribution in [0.15, 0.2) is 41.9 Å². The molecule has 3 aromatic rings. The molecule has 4 nitrogen and oxygen atoms in total. The lowest BCUT2D eigenvalue weighted by Gasteiger charge is -2.08. The first kappa shape index (κ1) is 14.5. The molecular weight excluding hydrogens is 303 g/mol. The number of fused-ring (bicyclic) bond motifs is 1. The molecule has 0 aliphatic rings. The summed E-state index contributed by atoms with van der Waals surface area (Å²) in [6.45, 7) is 0. The molecule has 0 radical (unpaired) electrons. The number of carbonyl (C=O) groups excluding carboxylic acids is 1. The van der Waals surface area contributed by atoms with Gasteiger partial charge in [-0.1, -0.05) is 12.1 Å². The van der Waals surface area contributed by atoms with Crippen LogP contribution >= 0.6 is 11.3 Å². The SMILES string of the molecule is COc1cccc(CC(=O)Nc2ccc3ncsc3c2)c1F. The van der Waals surface area contributed by atoms with E-state index in [0.29, 0.717) is 11.3 Å². The normalized spacial score (nSPS) is 10.6. The maximum atomic E-state index is 14.0. The first-order valence-electron chi connectivity index (χ1n) is 6.62. The molecule has 0 bridgehead atoms. The molecule has 1 aromatic heterocycles. The fourth-order valence-electron chi connectivity index (χ4n) is 2.16. The van der Waals surface area contributed by atoms with Gasteiger partial charge in [-0.25, -0.2) is 9.37 Å². The number of amides is 1. The first-order chi connectivity index (χ1) is 10.7. The Bertz CT molecular complexity index is 832. The summed E-state index contributed by atoms with van der Waals surface area (Å²) in [7, 11) is 1.40. The molecule has 0 aliphatic heterocycles. The van der Waals surface area contributed by atoms with Gasteiger partial charge in [0.2, 0.25) is 5.91 Å². The Balaban J connectivity index is 1.74. The zero-order valence-electron chi connectivity index (χ0n) is 11.8. The second-order valence-electron chi connectivity index (χ2n) is 4.69. The van der Waals surface area contributed by atoms with Crippen molar-refractivity contribution in [3.63, 3.8) is 0 Å². The average Bonchev–Trinajstić information content (AvgIpc) is 2.97. The van der Waals surface area contributed by atoms with Gasteiger partial charge in [0.05, 0.1) is 29.3 Å². The molecule has 1 N–H and O–H groups in total. The number of carbonyl (C=O) groups is 1. The Kier molecular flexibility index (Phi) is 4.02. The van der Waals surface area contributed by atoms with Crippen molar-refractivity contribution in [2.45, 2.75) is 6.42 Å². The summed E-state index contributed by atoms with van der Waals surface area (Å²) in [5.41, 5.74) is 3.62. The number of nitrogens with one attached hydrogen (secondary N) is 1. The fourth-order valence-corrected chi connectivity index (χ4v) is 2.88. The average molecular weight is 316 g/mol. The van der Waals surface area contributed by atoms with Gasteiger partial charge in [-0.2, -0.15) is 0 Å². The van der Waals surface area contributed by atoms with Crippen LogP contribution in [0, 0.1) is 5.82 Å². The minimum atomic E-state index is -0.502. The van der Waals surface area contributed by atoms with E-state index in [-0.39, 0.29) is 18.1 Å². The van der Waals surface area contributed by atoms with Crippen LogP contribution in [0.1, 0.15) is 5.56 Å². The van der Waals surface area contributed by atoms with E-state index < -0.39 is 5.82 Å². The predicted octanol–water partition coefficient (Wildman–Crippen LogP) is 3.63. The van der Waals surface area contributed by atoms with Crippen molar-refractivity contribution < 1.29 is 13.9 Å². The Hall–Kier alpha value is -2.47. The summed E-state index contributed by atoms with van der Waals surface area (Å²) in [5.74, 6) is -0.648. The van der Waals surface area contributed by atoms with Gasteiger partial charge in [0, 0.05) is 11.3 Å². The van der Waals surface area contributed by atoms with Gasteiger partial charge < -0.3 is 10.1 Å². The van der Waals surface area contributed by atoms with Crippen LogP contribution in [0.25, 0.3) is 10.2 Å². The quantitative estimate of drug-likeness (QED) is 0.800. The van der Waals surface area contributed by atoms with Crippen molar-refractivity contribution in [3.05, 3.63) is 53.3 Å². The van der Waals surface area contributed by atoms with Crippen LogP contribution < -0.4 is 10.1 Å². The van der Waals surface area contributed by atoms with Crippen molar-refractivity contribution in [1.29, 1.82) is 0 Å². The Morgan fingerprint density at radius 1 is 1.36 bits per heavy atom. The number of aromatic nitrogens is 1. The van der Waals surface area contributed by atoms with E-state index in [4.69, 9.17) is 4.74 Å². The highest BCUT2D eigenvalue weighted by molar-refractivity contribution is 7.16. The highest BCUT2D eigenvalue weighted by Crippen LogP contribution is 2.23. The predicted molar refractivity (Wildman–Crippen MR) is 84.9 cm³/mol. The molecule has 0 saturated carbocycles. The lowest BCUT2D eigenvalue weighted by Crippen LogP contribution is -2.15. The maximum Gasteiger partial charge on any atom is 0.228 e. The van der Waals surface area contributed by atoms with Crippen LogP contribution in [0.2, 0.25) is 0 Å². The second-order valence-corrected chi connectivity index (χ2v) is 5.58. The third-order valence-corrected chi connectivity index (χ3v) is 4.02. The number of rotatable bonds is 4. The molecule has 112 valence electrons. The van der Waals surface area contributed by atoms with Crippen molar-refractivity contribution in [2.24, 2.45) is 0 Å². The summed E-state index contributed by atoms with van der Waals surface area (Å²) < 4.78 is 19.9.